The van der Waals surface area contributed by atoms with E-state index < -0.39 is 0 Å². The molecule has 2 heterocycles. The number of nitrogens with one attached hydrogen (secondary N) is 1. The smallest absolute Gasteiger partial charge is 0.0900 e. The van der Waals surface area contributed by atoms with Gasteiger partial charge in [-0.05, 0) is 35.8 Å². The van der Waals surface area contributed by atoms with Crippen molar-refractivity contribution in [3.8, 4) is 0 Å². The Morgan fingerprint density at radius 1 is 1.38 bits per heavy atom. The molecule has 2 nitrogen and oxygen atoms in total. The average Bonchev–Trinajstić information content (AvgIpc) is 2.74. The third-order valence-electron chi connectivity index (χ3n) is 2.21. The second-order valence-electron chi connectivity index (χ2n) is 3.57. The monoisotopic (exact) mass is 316 g/mol. The molecule has 2 rings (SSSR count). The molecule has 0 radical (unpaired) electrons. The maximum Gasteiger partial charge on any atom is 0.0900 e. The number of hydrogen-bond acceptors (Lipinski definition) is 4. The first-order valence-corrected chi connectivity index (χ1v) is 7.50. The van der Waals surface area contributed by atoms with Crippen LogP contribution in [-0.4, -0.2) is 4.98 Å². The molecule has 5 heteroatoms. The van der Waals surface area contributed by atoms with Gasteiger partial charge in [-0.2, -0.15) is 0 Å². The summed E-state index contributed by atoms with van der Waals surface area (Å²) < 4.78 is 1.16. The van der Waals surface area contributed by atoms with Gasteiger partial charge in [-0.3, -0.25) is 0 Å². The van der Waals surface area contributed by atoms with Crippen molar-refractivity contribution in [1.29, 1.82) is 0 Å². The molecule has 0 aliphatic carbocycles. The summed E-state index contributed by atoms with van der Waals surface area (Å²) in [6.45, 7) is 5.94. The highest BCUT2D eigenvalue weighted by atomic mass is 79.9. The van der Waals surface area contributed by atoms with Gasteiger partial charge in [-0.15, -0.1) is 22.7 Å². The summed E-state index contributed by atoms with van der Waals surface area (Å²) in [5.41, 5.74) is 1.18. The van der Waals surface area contributed by atoms with Crippen LogP contribution in [0.5, 0.6) is 0 Å². The van der Waals surface area contributed by atoms with E-state index in [9.17, 15) is 0 Å². The van der Waals surface area contributed by atoms with Gasteiger partial charge >= 0.3 is 0 Å². The topological polar surface area (TPSA) is 24.9 Å². The molecule has 0 aliphatic heterocycles. The van der Waals surface area contributed by atoms with E-state index in [-0.39, 0.29) is 0 Å². The molecule has 0 amide bonds. The highest BCUT2D eigenvalue weighted by molar-refractivity contribution is 9.10. The van der Waals surface area contributed by atoms with Crippen molar-refractivity contribution in [3.63, 3.8) is 0 Å². The summed E-state index contributed by atoms with van der Waals surface area (Å²) in [5, 5.41) is 6.67. The molecule has 0 atom stereocenters. The molecular weight excluding hydrogens is 304 g/mol. The number of halogens is 1. The van der Waals surface area contributed by atoms with E-state index in [1.807, 2.05) is 0 Å². The van der Waals surface area contributed by atoms with Crippen LogP contribution in [-0.2, 0) is 13.1 Å². The van der Waals surface area contributed by atoms with Gasteiger partial charge < -0.3 is 5.32 Å². The van der Waals surface area contributed by atoms with Crippen LogP contribution in [0, 0.1) is 13.8 Å². The average molecular weight is 317 g/mol. The largest absolute Gasteiger partial charge is 0.306 e. The van der Waals surface area contributed by atoms with Crippen molar-refractivity contribution in [3.05, 3.63) is 36.4 Å². The number of aromatic nitrogens is 1. The minimum atomic E-state index is 0.853. The normalized spacial score (nSPS) is 10.9. The lowest BCUT2D eigenvalue weighted by Crippen LogP contribution is -2.12. The van der Waals surface area contributed by atoms with Gasteiger partial charge in [0.25, 0.3) is 0 Å². The zero-order valence-electron chi connectivity index (χ0n) is 9.21. The highest BCUT2D eigenvalue weighted by Gasteiger charge is 2.04. The Morgan fingerprint density at radius 2 is 2.19 bits per heavy atom. The zero-order chi connectivity index (χ0) is 11.5. The maximum atomic E-state index is 4.50. The molecule has 0 bridgehead atoms. The fraction of sp³-hybridized carbons (Fsp3) is 0.364. The molecule has 0 aliphatic rings. The molecule has 0 fully saturated rings. The molecule has 0 unspecified atom stereocenters. The standard InChI is InChI=1S/C11H13BrN2S2/c1-7-11(14-8(2)16-7)5-13-4-10-3-9(12)6-15-10/h3,6,13H,4-5H2,1-2H3. The van der Waals surface area contributed by atoms with Crippen molar-refractivity contribution < 1.29 is 0 Å². The summed E-state index contributed by atoms with van der Waals surface area (Å²) in [5.74, 6) is 0. The second kappa shape index (κ2) is 5.40. The van der Waals surface area contributed by atoms with Crippen molar-refractivity contribution in [2.45, 2.75) is 26.9 Å². The van der Waals surface area contributed by atoms with E-state index in [2.05, 4.69) is 51.5 Å². The Kier molecular flexibility index (Phi) is 4.13. The van der Waals surface area contributed by atoms with E-state index in [4.69, 9.17) is 0 Å². The molecule has 86 valence electrons. The van der Waals surface area contributed by atoms with Crippen LogP contribution in [0.15, 0.2) is 15.9 Å². The van der Waals surface area contributed by atoms with Crippen molar-refractivity contribution >= 4 is 38.6 Å². The van der Waals surface area contributed by atoms with Crippen LogP contribution in [0.2, 0.25) is 0 Å². The minimum Gasteiger partial charge on any atom is -0.306 e. The van der Waals surface area contributed by atoms with E-state index in [1.165, 1.54) is 15.4 Å². The molecule has 0 aromatic carbocycles. The summed E-state index contributed by atoms with van der Waals surface area (Å²) in [4.78, 5) is 7.16. The Labute approximate surface area is 112 Å². The Balaban J connectivity index is 1.86. The molecule has 0 spiro atoms. The summed E-state index contributed by atoms with van der Waals surface area (Å²) in [6.07, 6.45) is 0. The maximum absolute atomic E-state index is 4.50. The molecule has 2 aromatic rings. The Morgan fingerprint density at radius 3 is 2.75 bits per heavy atom. The Hall–Kier alpha value is -0.230. The van der Waals surface area contributed by atoms with Gasteiger partial charge in [0.2, 0.25) is 0 Å². The highest BCUT2D eigenvalue weighted by Crippen LogP contribution is 2.20. The number of nitrogens with zero attached hydrogens (tertiary/aromatic N) is 1. The summed E-state index contributed by atoms with van der Waals surface area (Å²) in [7, 11) is 0. The third-order valence-corrected chi connectivity index (χ3v) is 4.84. The van der Waals surface area contributed by atoms with Gasteiger partial charge in [0, 0.05) is 32.7 Å². The molecule has 2 aromatic heterocycles. The number of aryl methyl sites for hydroxylation is 2. The first-order chi connectivity index (χ1) is 7.65. The van der Waals surface area contributed by atoms with Crippen LogP contribution in [0.3, 0.4) is 0 Å². The number of hydrogen-bond donors (Lipinski definition) is 1. The molecule has 16 heavy (non-hydrogen) atoms. The van der Waals surface area contributed by atoms with Crippen LogP contribution < -0.4 is 5.32 Å². The fourth-order valence-electron chi connectivity index (χ4n) is 1.49. The lowest BCUT2D eigenvalue weighted by Gasteiger charge is -2.01. The van der Waals surface area contributed by atoms with Crippen molar-refractivity contribution in [2.24, 2.45) is 0 Å². The van der Waals surface area contributed by atoms with Gasteiger partial charge in [-0.1, -0.05) is 0 Å². The first-order valence-electron chi connectivity index (χ1n) is 5.01. The summed E-state index contributed by atoms with van der Waals surface area (Å²) in [6, 6.07) is 2.15. The minimum absolute atomic E-state index is 0.853. The van der Waals surface area contributed by atoms with E-state index in [1.54, 1.807) is 22.7 Å². The Bertz CT molecular complexity index is 476. The van der Waals surface area contributed by atoms with Crippen molar-refractivity contribution in [2.75, 3.05) is 0 Å². The first kappa shape index (κ1) is 12.2. The lowest BCUT2D eigenvalue weighted by atomic mass is 10.3. The van der Waals surface area contributed by atoms with Crippen LogP contribution in [0.25, 0.3) is 0 Å². The van der Waals surface area contributed by atoms with Gasteiger partial charge in [0.15, 0.2) is 0 Å². The van der Waals surface area contributed by atoms with E-state index >= 15 is 0 Å². The number of thiazole rings is 1. The number of rotatable bonds is 4. The molecule has 1 N–H and O–H groups in total. The quantitative estimate of drug-likeness (QED) is 0.926. The molecule has 0 saturated carbocycles. The predicted molar refractivity (Wildman–Crippen MR) is 74.2 cm³/mol. The van der Waals surface area contributed by atoms with Crippen molar-refractivity contribution in [1.82, 2.24) is 10.3 Å². The molecular formula is C11H13BrN2S2. The SMILES string of the molecule is Cc1nc(CNCc2cc(Br)cs2)c(C)s1. The molecule has 0 saturated heterocycles. The second-order valence-corrected chi connectivity index (χ2v) is 6.89. The van der Waals surface area contributed by atoms with Crippen LogP contribution >= 0.6 is 38.6 Å². The van der Waals surface area contributed by atoms with E-state index in [0.717, 1.165) is 22.6 Å². The van der Waals surface area contributed by atoms with E-state index in [0.29, 0.717) is 0 Å². The number of thiophene rings is 1. The lowest BCUT2D eigenvalue weighted by molar-refractivity contribution is 0.686. The fourth-order valence-corrected chi connectivity index (χ4v) is 3.74. The summed E-state index contributed by atoms with van der Waals surface area (Å²) >= 11 is 6.99. The van der Waals surface area contributed by atoms with Gasteiger partial charge in [-0.25, -0.2) is 4.98 Å². The predicted octanol–water partition coefficient (Wildman–Crippen LogP) is 3.87. The van der Waals surface area contributed by atoms with Gasteiger partial charge in [0.05, 0.1) is 10.7 Å². The van der Waals surface area contributed by atoms with Crippen LogP contribution in [0.1, 0.15) is 20.5 Å². The zero-order valence-corrected chi connectivity index (χ0v) is 12.4. The van der Waals surface area contributed by atoms with Gasteiger partial charge in [0.1, 0.15) is 0 Å². The van der Waals surface area contributed by atoms with Crippen LogP contribution in [0.4, 0.5) is 0 Å². The third kappa shape index (κ3) is 3.13.